The van der Waals surface area contributed by atoms with E-state index in [0.717, 1.165) is 43.0 Å². The van der Waals surface area contributed by atoms with Gasteiger partial charge in [0, 0.05) is 17.8 Å². The molecule has 0 saturated heterocycles. The number of hydrogen-bond acceptors (Lipinski definition) is 3. The van der Waals surface area contributed by atoms with Crippen molar-refractivity contribution in [1.82, 2.24) is 9.97 Å². The van der Waals surface area contributed by atoms with E-state index in [0.29, 0.717) is 0 Å². The highest BCUT2D eigenvalue weighted by molar-refractivity contribution is 5.24. The van der Waals surface area contributed by atoms with E-state index in [1.165, 1.54) is 18.4 Å². The molecule has 0 aliphatic carbocycles. The second-order valence-electron chi connectivity index (χ2n) is 4.28. The molecule has 1 aromatic heterocycles. The second-order valence-corrected chi connectivity index (χ2v) is 4.28. The molecule has 90 valence electrons. The van der Waals surface area contributed by atoms with E-state index in [1.807, 2.05) is 0 Å². The number of hydrogen-bond donors (Lipinski definition) is 1. The van der Waals surface area contributed by atoms with Gasteiger partial charge in [0.25, 0.3) is 0 Å². The van der Waals surface area contributed by atoms with Gasteiger partial charge in [0.2, 0.25) is 0 Å². The molecule has 0 aromatic carbocycles. The molecule has 1 heterocycles. The van der Waals surface area contributed by atoms with Gasteiger partial charge in [-0.2, -0.15) is 0 Å². The number of rotatable bonds is 6. The van der Waals surface area contributed by atoms with E-state index in [9.17, 15) is 0 Å². The van der Waals surface area contributed by atoms with Gasteiger partial charge < -0.3 is 5.73 Å². The number of aromatic nitrogens is 2. The van der Waals surface area contributed by atoms with E-state index in [2.05, 4.69) is 30.7 Å². The molecular formula is C13H23N3. The first-order valence-corrected chi connectivity index (χ1v) is 6.22. The SMILES string of the molecule is CCCCc1nc(C)c(CCCN)c(C)n1. The first kappa shape index (κ1) is 13.1. The summed E-state index contributed by atoms with van der Waals surface area (Å²) in [6.07, 6.45) is 5.37. The standard InChI is InChI=1S/C13H23N3/c1-4-5-8-13-15-10(2)12(7-6-9-14)11(3)16-13/h4-9,14H2,1-3H3. The molecule has 0 aliphatic heterocycles. The highest BCUT2D eigenvalue weighted by atomic mass is 14.9. The lowest BCUT2D eigenvalue weighted by molar-refractivity contribution is 0.729. The fourth-order valence-corrected chi connectivity index (χ4v) is 1.90. The van der Waals surface area contributed by atoms with Crippen molar-refractivity contribution in [1.29, 1.82) is 0 Å². The first-order chi connectivity index (χ1) is 7.69. The average Bonchev–Trinajstić information content (AvgIpc) is 2.25. The summed E-state index contributed by atoms with van der Waals surface area (Å²) in [5.41, 5.74) is 9.08. The Morgan fingerprint density at radius 2 is 1.62 bits per heavy atom. The summed E-state index contributed by atoms with van der Waals surface area (Å²) in [5.74, 6) is 0.994. The monoisotopic (exact) mass is 221 g/mol. The summed E-state index contributed by atoms with van der Waals surface area (Å²) in [4.78, 5) is 9.14. The summed E-state index contributed by atoms with van der Waals surface area (Å²) in [6, 6.07) is 0. The van der Waals surface area contributed by atoms with Crippen LogP contribution in [0.2, 0.25) is 0 Å². The lowest BCUT2D eigenvalue weighted by Crippen LogP contribution is -2.08. The lowest BCUT2D eigenvalue weighted by Gasteiger charge is -2.10. The van der Waals surface area contributed by atoms with E-state index in [4.69, 9.17) is 5.73 Å². The zero-order valence-corrected chi connectivity index (χ0v) is 10.7. The smallest absolute Gasteiger partial charge is 0.128 e. The van der Waals surface area contributed by atoms with Crippen molar-refractivity contribution in [3.05, 3.63) is 22.8 Å². The van der Waals surface area contributed by atoms with Crippen LogP contribution >= 0.6 is 0 Å². The molecule has 2 N–H and O–H groups in total. The van der Waals surface area contributed by atoms with Crippen LogP contribution in [0.1, 0.15) is 49.0 Å². The maximum Gasteiger partial charge on any atom is 0.128 e. The third kappa shape index (κ3) is 3.56. The van der Waals surface area contributed by atoms with Crippen molar-refractivity contribution in [3.63, 3.8) is 0 Å². The zero-order chi connectivity index (χ0) is 12.0. The Morgan fingerprint density at radius 1 is 1.00 bits per heavy atom. The molecule has 3 heteroatoms. The minimum atomic E-state index is 0.733. The quantitative estimate of drug-likeness (QED) is 0.802. The largest absolute Gasteiger partial charge is 0.330 e. The molecule has 0 unspecified atom stereocenters. The maximum atomic E-state index is 5.53. The van der Waals surface area contributed by atoms with Crippen LogP contribution in [0.3, 0.4) is 0 Å². The Kier molecular flexibility index (Phi) is 5.39. The predicted molar refractivity (Wildman–Crippen MR) is 67.5 cm³/mol. The minimum absolute atomic E-state index is 0.733. The van der Waals surface area contributed by atoms with Crippen LogP contribution in [-0.2, 0) is 12.8 Å². The molecule has 0 fully saturated rings. The Balaban J connectivity index is 2.80. The Bertz CT molecular complexity index is 311. The summed E-state index contributed by atoms with van der Waals surface area (Å²) >= 11 is 0. The second kappa shape index (κ2) is 6.59. The molecule has 0 saturated carbocycles. The maximum absolute atomic E-state index is 5.53. The molecule has 1 rings (SSSR count). The van der Waals surface area contributed by atoms with E-state index < -0.39 is 0 Å². The minimum Gasteiger partial charge on any atom is -0.330 e. The van der Waals surface area contributed by atoms with Gasteiger partial charge >= 0.3 is 0 Å². The van der Waals surface area contributed by atoms with Crippen LogP contribution in [0.15, 0.2) is 0 Å². The van der Waals surface area contributed by atoms with Crippen LogP contribution in [0.5, 0.6) is 0 Å². The topological polar surface area (TPSA) is 51.8 Å². The van der Waals surface area contributed by atoms with Gasteiger partial charge in [-0.3, -0.25) is 0 Å². The summed E-state index contributed by atoms with van der Waals surface area (Å²) < 4.78 is 0. The van der Waals surface area contributed by atoms with Crippen molar-refractivity contribution >= 4 is 0 Å². The van der Waals surface area contributed by atoms with Gasteiger partial charge in [-0.05, 0) is 45.2 Å². The van der Waals surface area contributed by atoms with Gasteiger partial charge in [-0.15, -0.1) is 0 Å². The van der Waals surface area contributed by atoms with Crippen LogP contribution in [0.25, 0.3) is 0 Å². The van der Waals surface area contributed by atoms with Crippen LogP contribution in [-0.4, -0.2) is 16.5 Å². The van der Waals surface area contributed by atoms with Gasteiger partial charge in [0.15, 0.2) is 0 Å². The number of aryl methyl sites for hydroxylation is 3. The molecule has 0 spiro atoms. The molecule has 0 bridgehead atoms. The first-order valence-electron chi connectivity index (χ1n) is 6.22. The van der Waals surface area contributed by atoms with Crippen molar-refractivity contribution in [3.8, 4) is 0 Å². The molecule has 0 radical (unpaired) electrons. The molecule has 0 atom stereocenters. The molecule has 0 aliphatic rings. The molecule has 3 nitrogen and oxygen atoms in total. The van der Waals surface area contributed by atoms with Gasteiger partial charge in [0.1, 0.15) is 5.82 Å². The molecule has 16 heavy (non-hydrogen) atoms. The van der Waals surface area contributed by atoms with Crippen molar-refractivity contribution < 1.29 is 0 Å². The van der Waals surface area contributed by atoms with Crippen LogP contribution < -0.4 is 5.73 Å². The van der Waals surface area contributed by atoms with E-state index in [-0.39, 0.29) is 0 Å². The summed E-state index contributed by atoms with van der Waals surface area (Å²) in [7, 11) is 0. The van der Waals surface area contributed by atoms with Crippen molar-refractivity contribution in [2.75, 3.05) is 6.54 Å². The van der Waals surface area contributed by atoms with Crippen LogP contribution in [0.4, 0.5) is 0 Å². The fraction of sp³-hybridized carbons (Fsp3) is 0.692. The Labute approximate surface area is 98.5 Å². The molecular weight excluding hydrogens is 198 g/mol. The highest BCUT2D eigenvalue weighted by Gasteiger charge is 2.07. The third-order valence-electron chi connectivity index (χ3n) is 2.85. The zero-order valence-electron chi connectivity index (χ0n) is 10.7. The lowest BCUT2D eigenvalue weighted by atomic mass is 10.1. The number of nitrogens with two attached hydrogens (primary N) is 1. The summed E-state index contributed by atoms with van der Waals surface area (Å²) in [6.45, 7) is 7.08. The normalized spacial score (nSPS) is 10.8. The highest BCUT2D eigenvalue weighted by Crippen LogP contribution is 2.13. The Morgan fingerprint density at radius 3 is 2.12 bits per heavy atom. The van der Waals surface area contributed by atoms with E-state index in [1.54, 1.807) is 0 Å². The Hall–Kier alpha value is -0.960. The number of unbranched alkanes of at least 4 members (excludes halogenated alkanes) is 1. The number of nitrogens with zero attached hydrogens (tertiary/aromatic N) is 2. The van der Waals surface area contributed by atoms with Gasteiger partial charge in [-0.1, -0.05) is 13.3 Å². The van der Waals surface area contributed by atoms with E-state index >= 15 is 0 Å². The predicted octanol–water partition coefficient (Wildman–Crippen LogP) is 2.33. The fourth-order valence-electron chi connectivity index (χ4n) is 1.90. The van der Waals surface area contributed by atoms with Gasteiger partial charge in [-0.25, -0.2) is 9.97 Å². The van der Waals surface area contributed by atoms with Crippen LogP contribution in [0, 0.1) is 13.8 Å². The van der Waals surface area contributed by atoms with Crippen molar-refractivity contribution in [2.24, 2.45) is 5.73 Å². The van der Waals surface area contributed by atoms with Crippen molar-refractivity contribution in [2.45, 2.75) is 52.9 Å². The molecule has 1 aromatic rings. The van der Waals surface area contributed by atoms with Gasteiger partial charge in [0.05, 0.1) is 0 Å². The molecule has 0 amide bonds. The third-order valence-corrected chi connectivity index (χ3v) is 2.85. The summed E-state index contributed by atoms with van der Waals surface area (Å²) in [5, 5.41) is 0. The average molecular weight is 221 g/mol.